The van der Waals surface area contributed by atoms with Crippen LogP contribution in [0.25, 0.3) is 0 Å². The molecule has 0 spiro atoms. The van der Waals surface area contributed by atoms with Gasteiger partial charge in [0, 0.05) is 5.41 Å². The molecule has 1 atom stereocenters. The maximum absolute atomic E-state index is 11.7. The van der Waals surface area contributed by atoms with Gasteiger partial charge < -0.3 is 14.4 Å². The van der Waals surface area contributed by atoms with E-state index in [4.69, 9.17) is 0 Å². The van der Waals surface area contributed by atoms with Crippen LogP contribution in [0.3, 0.4) is 0 Å². The monoisotopic (exact) mass is 267 g/mol. The van der Waals surface area contributed by atoms with Crippen molar-refractivity contribution in [2.45, 2.75) is 32.1 Å². The van der Waals surface area contributed by atoms with Gasteiger partial charge in [0.1, 0.15) is 5.97 Å². The van der Waals surface area contributed by atoms with E-state index in [1.165, 1.54) is 35.0 Å². The first-order chi connectivity index (χ1) is 7.25. The fraction of sp³-hybridized carbons (Fsp3) is 0.900. The Hall–Kier alpha value is -0.660. The summed E-state index contributed by atoms with van der Waals surface area (Å²) in [6.45, 7) is 4.64. The molecule has 0 amide bonds. The Kier molecular flexibility index (Phi) is 4.06. The molecule has 17 heavy (non-hydrogen) atoms. The number of rotatable bonds is 5. The number of aliphatic carboxylic acids is 1. The van der Waals surface area contributed by atoms with Crippen LogP contribution in [0.2, 0.25) is 0 Å². The normalized spacial score (nSPS) is 17.6. The SMILES string of the molecule is CCC(C)(C)C(C(=O)[O-])([N+](C)(C)C)S(=O)(=O)O. The van der Waals surface area contributed by atoms with Crippen molar-refractivity contribution in [1.29, 1.82) is 0 Å². The summed E-state index contributed by atoms with van der Waals surface area (Å²) in [6, 6.07) is 0. The van der Waals surface area contributed by atoms with Gasteiger partial charge in [-0.05, 0) is 6.42 Å². The van der Waals surface area contributed by atoms with Gasteiger partial charge >= 0.3 is 10.1 Å². The quantitative estimate of drug-likeness (QED) is 0.533. The number of hydrogen-bond acceptors (Lipinski definition) is 4. The Labute approximate surface area is 103 Å². The van der Waals surface area contributed by atoms with E-state index in [0.717, 1.165) is 0 Å². The zero-order chi connectivity index (χ0) is 14.3. The molecule has 6 nitrogen and oxygen atoms in total. The highest BCUT2D eigenvalue weighted by atomic mass is 32.2. The van der Waals surface area contributed by atoms with Gasteiger partial charge in [-0.15, -0.1) is 0 Å². The molecule has 0 rings (SSSR count). The molecule has 0 aromatic heterocycles. The third-order valence-corrected chi connectivity index (χ3v) is 5.41. The zero-order valence-electron chi connectivity index (χ0n) is 11.1. The summed E-state index contributed by atoms with van der Waals surface area (Å²) in [4.78, 5) is 9.05. The molecule has 0 saturated heterocycles. The summed E-state index contributed by atoms with van der Waals surface area (Å²) < 4.78 is 32.3. The first-order valence-corrected chi connectivity index (χ1v) is 6.69. The number of carbonyl (C=O) groups is 1. The van der Waals surface area contributed by atoms with Gasteiger partial charge in [0.15, 0.2) is 0 Å². The molecule has 0 fully saturated rings. The largest absolute Gasteiger partial charge is 0.543 e. The number of carbonyl (C=O) groups excluding carboxylic acids is 1. The second kappa shape index (κ2) is 4.22. The van der Waals surface area contributed by atoms with Crippen molar-refractivity contribution in [3.05, 3.63) is 0 Å². The fourth-order valence-corrected chi connectivity index (χ4v) is 4.24. The molecular formula is C10H21NO5S. The molecule has 0 heterocycles. The van der Waals surface area contributed by atoms with Crippen LogP contribution < -0.4 is 5.11 Å². The van der Waals surface area contributed by atoms with Crippen LogP contribution in [0.5, 0.6) is 0 Å². The maximum Gasteiger partial charge on any atom is 0.328 e. The first kappa shape index (κ1) is 16.3. The third kappa shape index (κ3) is 2.19. The molecule has 0 aliphatic heterocycles. The number of nitrogens with zero attached hydrogens (tertiary/aromatic N) is 1. The van der Waals surface area contributed by atoms with Gasteiger partial charge in [0.05, 0.1) is 21.1 Å². The van der Waals surface area contributed by atoms with E-state index in [9.17, 15) is 22.9 Å². The standard InChI is InChI=1S/C10H21NO5S/c1-7-9(2,3)10(8(12)13,11(4,5)6)17(14,15)16/h7H2,1-6H3,(H-,12,13,14,15,16). The Morgan fingerprint density at radius 3 is 1.71 bits per heavy atom. The summed E-state index contributed by atoms with van der Waals surface area (Å²) in [5.41, 5.74) is -1.18. The molecule has 7 heteroatoms. The van der Waals surface area contributed by atoms with E-state index >= 15 is 0 Å². The molecule has 0 radical (unpaired) electrons. The molecule has 102 valence electrons. The van der Waals surface area contributed by atoms with E-state index in [1.807, 2.05) is 0 Å². The van der Waals surface area contributed by atoms with Crippen molar-refractivity contribution in [1.82, 2.24) is 0 Å². The lowest BCUT2D eigenvalue weighted by Crippen LogP contribution is -2.75. The number of carboxylic acid groups (broad SMARTS) is 1. The minimum atomic E-state index is -4.84. The Bertz CT molecular complexity index is 407. The highest BCUT2D eigenvalue weighted by molar-refractivity contribution is 7.87. The minimum absolute atomic E-state index is 0.260. The van der Waals surface area contributed by atoms with Crippen LogP contribution in [0, 0.1) is 5.41 Å². The van der Waals surface area contributed by atoms with Gasteiger partial charge in [-0.25, -0.2) is 0 Å². The van der Waals surface area contributed by atoms with Crippen molar-refractivity contribution in [2.24, 2.45) is 5.41 Å². The van der Waals surface area contributed by atoms with Gasteiger partial charge in [0.25, 0.3) is 4.87 Å². The van der Waals surface area contributed by atoms with Crippen LogP contribution in [-0.4, -0.2) is 49.4 Å². The number of carboxylic acids is 1. The highest BCUT2D eigenvalue weighted by Crippen LogP contribution is 2.44. The molecule has 1 N–H and O–H groups in total. The average Bonchev–Trinajstić information content (AvgIpc) is 1.97. The van der Waals surface area contributed by atoms with Gasteiger partial charge in [-0.2, -0.15) is 8.42 Å². The van der Waals surface area contributed by atoms with E-state index in [0.29, 0.717) is 0 Å². The smallest absolute Gasteiger partial charge is 0.328 e. The third-order valence-electron chi connectivity index (χ3n) is 3.40. The lowest BCUT2D eigenvalue weighted by molar-refractivity contribution is -0.908. The minimum Gasteiger partial charge on any atom is -0.543 e. The lowest BCUT2D eigenvalue weighted by atomic mass is 9.79. The van der Waals surface area contributed by atoms with Crippen LogP contribution in [0.15, 0.2) is 0 Å². The summed E-state index contributed by atoms with van der Waals surface area (Å²) in [5.74, 6) is -1.79. The van der Waals surface area contributed by atoms with E-state index in [2.05, 4.69) is 0 Å². The molecule has 0 aromatic rings. The van der Waals surface area contributed by atoms with Crippen molar-refractivity contribution in [2.75, 3.05) is 21.1 Å². The van der Waals surface area contributed by atoms with Crippen molar-refractivity contribution >= 4 is 16.1 Å². The van der Waals surface area contributed by atoms with E-state index < -0.39 is 30.9 Å². The maximum atomic E-state index is 11.7. The number of quaternary nitrogens is 1. The second-order valence-corrected chi connectivity index (χ2v) is 7.20. The van der Waals surface area contributed by atoms with Gasteiger partial charge in [-0.1, -0.05) is 20.8 Å². The average molecular weight is 267 g/mol. The molecule has 0 aromatic carbocycles. The fourth-order valence-electron chi connectivity index (χ4n) is 2.50. The molecule has 0 bridgehead atoms. The van der Waals surface area contributed by atoms with Gasteiger partial charge in [0.2, 0.25) is 0 Å². The predicted molar refractivity (Wildman–Crippen MR) is 61.4 cm³/mol. The van der Waals surface area contributed by atoms with Crippen molar-refractivity contribution in [3.63, 3.8) is 0 Å². The Morgan fingerprint density at radius 1 is 1.29 bits per heavy atom. The zero-order valence-corrected chi connectivity index (χ0v) is 12.0. The summed E-state index contributed by atoms with van der Waals surface area (Å²) in [7, 11) is -0.632. The van der Waals surface area contributed by atoms with E-state index in [-0.39, 0.29) is 6.42 Å². The van der Waals surface area contributed by atoms with E-state index in [1.54, 1.807) is 6.92 Å². The lowest BCUT2D eigenvalue weighted by Gasteiger charge is -2.51. The Balaban J connectivity index is 6.49. The van der Waals surface area contributed by atoms with Crippen LogP contribution in [0.1, 0.15) is 27.2 Å². The molecule has 0 aliphatic rings. The van der Waals surface area contributed by atoms with Gasteiger partial charge in [-0.3, -0.25) is 4.55 Å². The Morgan fingerprint density at radius 2 is 1.65 bits per heavy atom. The summed E-state index contributed by atoms with van der Waals surface area (Å²) in [5, 5.41) is 11.5. The number of hydrogen-bond donors (Lipinski definition) is 1. The molecule has 0 aliphatic carbocycles. The van der Waals surface area contributed by atoms with Crippen LogP contribution >= 0.6 is 0 Å². The highest BCUT2D eigenvalue weighted by Gasteiger charge is 2.65. The molecule has 1 unspecified atom stereocenters. The molecular weight excluding hydrogens is 246 g/mol. The van der Waals surface area contributed by atoms with Crippen molar-refractivity contribution < 1.29 is 27.4 Å². The summed E-state index contributed by atoms with van der Waals surface area (Å²) in [6.07, 6.45) is 0.260. The van der Waals surface area contributed by atoms with Crippen molar-refractivity contribution in [3.8, 4) is 0 Å². The predicted octanol–water partition coefficient (Wildman–Crippen LogP) is -0.537. The first-order valence-electron chi connectivity index (χ1n) is 5.25. The molecule has 0 saturated carbocycles. The summed E-state index contributed by atoms with van der Waals surface area (Å²) >= 11 is 0. The number of likely N-dealkylation sites (N-methyl/N-ethyl adjacent to an activating group) is 1. The van der Waals surface area contributed by atoms with Crippen LogP contribution in [0.4, 0.5) is 0 Å². The second-order valence-electron chi connectivity index (χ2n) is 5.66. The van der Waals surface area contributed by atoms with Crippen LogP contribution in [-0.2, 0) is 14.9 Å². The topological polar surface area (TPSA) is 94.5 Å².